The van der Waals surface area contributed by atoms with Crippen LogP contribution in [0.25, 0.3) is 0 Å². The average molecular weight is 301 g/mol. The molecule has 0 aliphatic heterocycles. The van der Waals surface area contributed by atoms with Crippen LogP contribution >= 0.6 is 11.6 Å². The maximum Gasteiger partial charge on any atom is 0.345 e. The summed E-state index contributed by atoms with van der Waals surface area (Å²) in [5.74, 6) is -1.43. The highest BCUT2D eigenvalue weighted by molar-refractivity contribution is 6.31. The molecule has 1 amide bonds. The molecular formula is C12H13ClN2O5. The van der Waals surface area contributed by atoms with Crippen molar-refractivity contribution in [2.75, 3.05) is 13.2 Å². The van der Waals surface area contributed by atoms with Gasteiger partial charge >= 0.3 is 5.97 Å². The molecule has 0 radical (unpaired) electrons. The zero-order chi connectivity index (χ0) is 15.1. The SMILES string of the molecule is CCCNC(=O)COC(=O)c1cc(Cl)ccc1[N+](=O)[O-]. The van der Waals surface area contributed by atoms with Crippen LogP contribution in [0.4, 0.5) is 5.69 Å². The molecule has 0 fully saturated rings. The Morgan fingerprint density at radius 3 is 2.75 bits per heavy atom. The molecule has 0 aromatic heterocycles. The predicted molar refractivity (Wildman–Crippen MR) is 71.7 cm³/mol. The van der Waals surface area contributed by atoms with Crippen LogP contribution in [0.15, 0.2) is 18.2 Å². The van der Waals surface area contributed by atoms with Crippen LogP contribution < -0.4 is 5.32 Å². The van der Waals surface area contributed by atoms with E-state index in [0.717, 1.165) is 18.6 Å². The minimum absolute atomic E-state index is 0.165. The summed E-state index contributed by atoms with van der Waals surface area (Å²) in [7, 11) is 0. The zero-order valence-electron chi connectivity index (χ0n) is 10.7. The van der Waals surface area contributed by atoms with Gasteiger partial charge in [0.15, 0.2) is 6.61 Å². The van der Waals surface area contributed by atoms with E-state index >= 15 is 0 Å². The van der Waals surface area contributed by atoms with Crippen molar-refractivity contribution in [2.24, 2.45) is 0 Å². The standard InChI is InChI=1S/C12H13ClN2O5/c1-2-5-14-11(16)7-20-12(17)9-6-8(13)3-4-10(9)15(18)19/h3-4,6H,2,5,7H2,1H3,(H,14,16). The lowest BCUT2D eigenvalue weighted by molar-refractivity contribution is -0.385. The Morgan fingerprint density at radius 2 is 2.15 bits per heavy atom. The van der Waals surface area contributed by atoms with Crippen molar-refractivity contribution in [1.29, 1.82) is 0 Å². The quantitative estimate of drug-likeness (QED) is 0.491. The van der Waals surface area contributed by atoms with Gasteiger partial charge in [-0.1, -0.05) is 18.5 Å². The number of nitrogens with one attached hydrogen (secondary N) is 1. The fourth-order valence-corrected chi connectivity index (χ4v) is 1.53. The molecule has 1 N–H and O–H groups in total. The molecule has 0 aliphatic rings. The molecule has 0 atom stereocenters. The van der Waals surface area contributed by atoms with Crippen LogP contribution in [0, 0.1) is 10.1 Å². The Kier molecular flexibility index (Phi) is 5.92. The van der Waals surface area contributed by atoms with Crippen molar-refractivity contribution in [3.8, 4) is 0 Å². The molecule has 1 aromatic rings. The Labute approximate surface area is 120 Å². The number of nitro groups is 1. The number of benzene rings is 1. The number of ether oxygens (including phenoxy) is 1. The lowest BCUT2D eigenvalue weighted by Gasteiger charge is -2.06. The highest BCUT2D eigenvalue weighted by Gasteiger charge is 2.22. The Bertz CT molecular complexity index is 533. The summed E-state index contributed by atoms with van der Waals surface area (Å²) in [5.41, 5.74) is -0.709. The van der Waals surface area contributed by atoms with Crippen molar-refractivity contribution in [3.63, 3.8) is 0 Å². The van der Waals surface area contributed by atoms with E-state index in [0.29, 0.717) is 6.54 Å². The molecule has 0 saturated carbocycles. The fourth-order valence-electron chi connectivity index (χ4n) is 1.36. The third-order valence-electron chi connectivity index (χ3n) is 2.28. The Balaban J connectivity index is 2.74. The minimum Gasteiger partial charge on any atom is -0.452 e. The van der Waals surface area contributed by atoms with E-state index in [1.54, 1.807) is 0 Å². The van der Waals surface area contributed by atoms with Gasteiger partial charge in [-0.15, -0.1) is 0 Å². The van der Waals surface area contributed by atoms with Gasteiger partial charge in [-0.2, -0.15) is 0 Å². The summed E-state index contributed by atoms with van der Waals surface area (Å²) in [4.78, 5) is 33.1. The van der Waals surface area contributed by atoms with Crippen LogP contribution in [0.2, 0.25) is 5.02 Å². The summed E-state index contributed by atoms with van der Waals surface area (Å²) in [6.45, 7) is 1.85. The van der Waals surface area contributed by atoms with Gasteiger partial charge in [-0.3, -0.25) is 14.9 Å². The highest BCUT2D eigenvalue weighted by atomic mass is 35.5. The third-order valence-corrected chi connectivity index (χ3v) is 2.52. The first-order valence-electron chi connectivity index (χ1n) is 5.83. The number of halogens is 1. The van der Waals surface area contributed by atoms with Crippen LogP contribution in [0.3, 0.4) is 0 Å². The number of esters is 1. The molecule has 0 bridgehead atoms. The summed E-state index contributed by atoms with van der Waals surface area (Å²) in [6, 6.07) is 3.53. The maximum atomic E-state index is 11.7. The monoisotopic (exact) mass is 300 g/mol. The highest BCUT2D eigenvalue weighted by Crippen LogP contribution is 2.23. The van der Waals surface area contributed by atoms with Crippen molar-refractivity contribution in [2.45, 2.75) is 13.3 Å². The van der Waals surface area contributed by atoms with Crippen molar-refractivity contribution in [3.05, 3.63) is 38.9 Å². The van der Waals surface area contributed by atoms with Crippen LogP contribution in [0.5, 0.6) is 0 Å². The number of carbonyl (C=O) groups excluding carboxylic acids is 2. The van der Waals surface area contributed by atoms with E-state index in [-0.39, 0.29) is 10.6 Å². The molecule has 108 valence electrons. The van der Waals surface area contributed by atoms with E-state index in [4.69, 9.17) is 16.3 Å². The predicted octanol–water partition coefficient (Wildman–Crippen LogP) is 1.93. The van der Waals surface area contributed by atoms with E-state index in [1.165, 1.54) is 6.07 Å². The first-order chi connectivity index (χ1) is 9.45. The van der Waals surface area contributed by atoms with Gasteiger partial charge in [0.25, 0.3) is 11.6 Å². The summed E-state index contributed by atoms with van der Waals surface area (Å²) in [5, 5.41) is 13.5. The van der Waals surface area contributed by atoms with E-state index in [1.807, 2.05) is 6.92 Å². The van der Waals surface area contributed by atoms with Crippen molar-refractivity contribution < 1.29 is 19.2 Å². The summed E-state index contributed by atoms with van der Waals surface area (Å²) < 4.78 is 4.72. The topological polar surface area (TPSA) is 98.5 Å². The third kappa shape index (κ3) is 4.51. The van der Waals surface area contributed by atoms with E-state index < -0.39 is 29.1 Å². The molecule has 0 unspecified atom stereocenters. The Morgan fingerprint density at radius 1 is 1.45 bits per heavy atom. The van der Waals surface area contributed by atoms with Crippen LogP contribution in [0.1, 0.15) is 23.7 Å². The maximum absolute atomic E-state index is 11.7. The minimum atomic E-state index is -0.967. The van der Waals surface area contributed by atoms with Gasteiger partial charge in [0.2, 0.25) is 0 Å². The van der Waals surface area contributed by atoms with Gasteiger partial charge in [-0.25, -0.2) is 4.79 Å². The molecule has 8 heteroatoms. The van der Waals surface area contributed by atoms with Gasteiger partial charge in [0.05, 0.1) is 4.92 Å². The molecular weight excluding hydrogens is 288 g/mol. The molecule has 7 nitrogen and oxygen atoms in total. The second-order valence-electron chi connectivity index (χ2n) is 3.84. The molecule has 0 aliphatic carbocycles. The summed E-state index contributed by atoms with van der Waals surface area (Å²) >= 11 is 5.69. The largest absolute Gasteiger partial charge is 0.452 e. The van der Waals surface area contributed by atoms with Gasteiger partial charge in [-0.05, 0) is 18.6 Å². The zero-order valence-corrected chi connectivity index (χ0v) is 11.5. The number of nitro benzene ring substituents is 1. The van der Waals surface area contributed by atoms with Gasteiger partial charge < -0.3 is 10.1 Å². The van der Waals surface area contributed by atoms with Crippen molar-refractivity contribution in [1.82, 2.24) is 5.32 Å². The van der Waals surface area contributed by atoms with E-state index in [2.05, 4.69) is 5.32 Å². The molecule has 0 spiro atoms. The Hall–Kier alpha value is -2.15. The molecule has 0 saturated heterocycles. The normalized spacial score (nSPS) is 9.90. The molecule has 1 aromatic carbocycles. The number of hydrogen-bond acceptors (Lipinski definition) is 5. The number of carbonyl (C=O) groups is 2. The average Bonchev–Trinajstić information content (AvgIpc) is 2.41. The molecule has 1 rings (SSSR count). The van der Waals surface area contributed by atoms with Crippen LogP contribution in [-0.2, 0) is 9.53 Å². The van der Waals surface area contributed by atoms with Gasteiger partial charge in [0.1, 0.15) is 5.56 Å². The number of amides is 1. The van der Waals surface area contributed by atoms with Crippen molar-refractivity contribution >= 4 is 29.2 Å². The van der Waals surface area contributed by atoms with E-state index in [9.17, 15) is 19.7 Å². The fraction of sp³-hybridized carbons (Fsp3) is 0.333. The smallest absolute Gasteiger partial charge is 0.345 e. The lowest BCUT2D eigenvalue weighted by Crippen LogP contribution is -2.29. The van der Waals surface area contributed by atoms with Gasteiger partial charge in [0, 0.05) is 17.6 Å². The first kappa shape index (κ1) is 15.9. The number of nitrogens with zero attached hydrogens (tertiary/aromatic N) is 1. The second-order valence-corrected chi connectivity index (χ2v) is 4.28. The second kappa shape index (κ2) is 7.44. The molecule has 0 heterocycles. The molecule has 20 heavy (non-hydrogen) atoms. The first-order valence-corrected chi connectivity index (χ1v) is 6.21. The van der Waals surface area contributed by atoms with Crippen LogP contribution in [-0.4, -0.2) is 30.0 Å². The summed E-state index contributed by atoms with van der Waals surface area (Å²) in [6.07, 6.45) is 0.749. The number of hydrogen-bond donors (Lipinski definition) is 1. The lowest BCUT2D eigenvalue weighted by atomic mass is 10.2. The number of rotatable bonds is 6.